The Bertz CT molecular complexity index is 704. The van der Waals surface area contributed by atoms with Gasteiger partial charge in [-0.3, -0.25) is 9.48 Å². The number of hydrogen-bond acceptors (Lipinski definition) is 3. The maximum Gasteiger partial charge on any atom is 0.228 e. The molecule has 3 rings (SSSR count). The number of aryl methyl sites for hydroxylation is 2. The van der Waals surface area contributed by atoms with Crippen LogP contribution in [0.2, 0.25) is 0 Å². The summed E-state index contributed by atoms with van der Waals surface area (Å²) in [6.45, 7) is 4.45. The molecule has 1 saturated heterocycles. The van der Waals surface area contributed by atoms with E-state index in [9.17, 15) is 9.18 Å². The first-order chi connectivity index (χ1) is 11.0. The molecule has 0 bridgehead atoms. The van der Waals surface area contributed by atoms with Gasteiger partial charge in [-0.25, -0.2) is 4.39 Å². The molecule has 0 aliphatic carbocycles. The average molecular weight is 316 g/mol. The minimum absolute atomic E-state index is 0.0983. The lowest BCUT2D eigenvalue weighted by atomic mass is 10.2. The molecule has 1 aromatic carbocycles. The third-order valence-corrected chi connectivity index (χ3v) is 4.26. The number of nitrogens with zero attached hydrogens (tertiary/aromatic N) is 4. The van der Waals surface area contributed by atoms with E-state index in [1.165, 1.54) is 6.07 Å². The smallest absolute Gasteiger partial charge is 0.228 e. The number of carbonyl (C=O) groups is 1. The first-order valence-electron chi connectivity index (χ1n) is 7.81. The highest BCUT2D eigenvalue weighted by atomic mass is 19.1. The number of aromatic nitrogens is 2. The van der Waals surface area contributed by atoms with Crippen molar-refractivity contribution in [1.29, 1.82) is 0 Å². The number of hydrogen-bond donors (Lipinski definition) is 0. The van der Waals surface area contributed by atoms with E-state index in [4.69, 9.17) is 0 Å². The summed E-state index contributed by atoms with van der Waals surface area (Å²) in [6, 6.07) is 8.71. The molecule has 1 fully saturated rings. The van der Waals surface area contributed by atoms with Crippen molar-refractivity contribution in [1.82, 2.24) is 14.7 Å². The largest absolute Gasteiger partial charge is 0.366 e. The van der Waals surface area contributed by atoms with Gasteiger partial charge in [0, 0.05) is 38.9 Å². The number of carbonyl (C=O) groups excluding carboxylic acids is 1. The summed E-state index contributed by atoms with van der Waals surface area (Å²) in [5, 5.41) is 4.27. The van der Waals surface area contributed by atoms with E-state index in [2.05, 4.69) is 5.10 Å². The maximum atomic E-state index is 13.8. The summed E-state index contributed by atoms with van der Waals surface area (Å²) in [5.41, 5.74) is 2.45. The standard InChI is InChI=1S/C17H21FN4O/c1-13-11-14(20(2)19-13)12-17(23)22-9-7-21(8-10-22)16-6-4-3-5-15(16)18/h3-6,11H,7-10,12H2,1-2H3. The molecule has 2 aromatic rings. The van der Waals surface area contributed by atoms with Gasteiger partial charge in [-0.1, -0.05) is 12.1 Å². The van der Waals surface area contributed by atoms with Crippen LogP contribution >= 0.6 is 0 Å². The summed E-state index contributed by atoms with van der Waals surface area (Å²) < 4.78 is 15.6. The minimum atomic E-state index is -0.211. The van der Waals surface area contributed by atoms with Crippen molar-refractivity contribution in [3.63, 3.8) is 0 Å². The van der Waals surface area contributed by atoms with Crippen LogP contribution in [0.15, 0.2) is 30.3 Å². The Morgan fingerprint density at radius 2 is 1.91 bits per heavy atom. The Balaban J connectivity index is 1.59. The number of anilines is 1. The summed E-state index contributed by atoms with van der Waals surface area (Å²) >= 11 is 0. The van der Waals surface area contributed by atoms with Crippen LogP contribution in [0.5, 0.6) is 0 Å². The lowest BCUT2D eigenvalue weighted by Crippen LogP contribution is -2.49. The zero-order valence-electron chi connectivity index (χ0n) is 13.5. The van der Waals surface area contributed by atoms with Crippen LogP contribution < -0.4 is 4.90 Å². The number of rotatable bonds is 3. The van der Waals surface area contributed by atoms with Gasteiger partial charge in [0.1, 0.15) is 5.82 Å². The summed E-state index contributed by atoms with van der Waals surface area (Å²) in [7, 11) is 1.85. The lowest BCUT2D eigenvalue weighted by Gasteiger charge is -2.36. The molecule has 2 heterocycles. The van der Waals surface area contributed by atoms with Gasteiger partial charge in [-0.15, -0.1) is 0 Å². The summed E-state index contributed by atoms with van der Waals surface area (Å²) in [6.07, 6.45) is 0.358. The summed E-state index contributed by atoms with van der Waals surface area (Å²) in [4.78, 5) is 16.3. The zero-order chi connectivity index (χ0) is 16.4. The monoisotopic (exact) mass is 316 g/mol. The van der Waals surface area contributed by atoms with Crippen LogP contribution in [0.25, 0.3) is 0 Å². The first kappa shape index (κ1) is 15.5. The predicted octanol–water partition coefficient (Wildman–Crippen LogP) is 1.76. The van der Waals surface area contributed by atoms with Crippen LogP contribution in [-0.4, -0.2) is 46.8 Å². The first-order valence-corrected chi connectivity index (χ1v) is 7.81. The number of piperazine rings is 1. The van der Waals surface area contributed by atoms with Crippen molar-refractivity contribution >= 4 is 11.6 Å². The van der Waals surface area contributed by atoms with Gasteiger partial charge < -0.3 is 9.80 Å². The number of para-hydroxylation sites is 1. The van der Waals surface area contributed by atoms with Gasteiger partial charge in [-0.05, 0) is 25.1 Å². The second kappa shape index (κ2) is 6.40. The molecule has 0 unspecified atom stereocenters. The lowest BCUT2D eigenvalue weighted by molar-refractivity contribution is -0.130. The van der Waals surface area contributed by atoms with E-state index in [1.807, 2.05) is 35.9 Å². The zero-order valence-corrected chi connectivity index (χ0v) is 13.5. The van der Waals surface area contributed by atoms with Crippen molar-refractivity contribution in [3.8, 4) is 0 Å². The summed E-state index contributed by atoms with van der Waals surface area (Å²) in [5.74, 6) is -0.112. The van der Waals surface area contributed by atoms with Crippen LogP contribution in [-0.2, 0) is 18.3 Å². The fourth-order valence-corrected chi connectivity index (χ4v) is 3.00. The molecular formula is C17H21FN4O. The quantitative estimate of drug-likeness (QED) is 0.866. The Kier molecular flexibility index (Phi) is 4.32. The molecule has 0 N–H and O–H groups in total. The van der Waals surface area contributed by atoms with Gasteiger partial charge >= 0.3 is 0 Å². The van der Waals surface area contributed by atoms with Crippen LogP contribution in [0.4, 0.5) is 10.1 Å². The van der Waals surface area contributed by atoms with E-state index in [0.717, 1.165) is 11.4 Å². The Hall–Kier alpha value is -2.37. The highest BCUT2D eigenvalue weighted by Gasteiger charge is 2.23. The highest BCUT2D eigenvalue weighted by Crippen LogP contribution is 2.20. The average Bonchev–Trinajstić information content (AvgIpc) is 2.85. The molecule has 1 aromatic heterocycles. The van der Waals surface area contributed by atoms with Gasteiger partial charge in [-0.2, -0.15) is 5.10 Å². The van der Waals surface area contributed by atoms with E-state index < -0.39 is 0 Å². The van der Waals surface area contributed by atoms with Crippen molar-refractivity contribution < 1.29 is 9.18 Å². The van der Waals surface area contributed by atoms with Crippen LogP contribution in [0.1, 0.15) is 11.4 Å². The van der Waals surface area contributed by atoms with Crippen molar-refractivity contribution in [2.75, 3.05) is 31.1 Å². The molecule has 122 valence electrons. The van der Waals surface area contributed by atoms with Gasteiger partial charge in [0.05, 0.1) is 17.8 Å². The second-order valence-electron chi connectivity index (χ2n) is 5.90. The maximum absolute atomic E-state index is 13.8. The Morgan fingerprint density at radius 3 is 2.52 bits per heavy atom. The number of amides is 1. The van der Waals surface area contributed by atoms with E-state index in [-0.39, 0.29) is 11.7 Å². The molecule has 6 heteroatoms. The van der Waals surface area contributed by atoms with Gasteiger partial charge in [0.25, 0.3) is 0 Å². The second-order valence-corrected chi connectivity index (χ2v) is 5.90. The van der Waals surface area contributed by atoms with E-state index in [0.29, 0.717) is 38.3 Å². The molecule has 1 aliphatic rings. The molecule has 1 aliphatic heterocycles. The van der Waals surface area contributed by atoms with Crippen LogP contribution in [0.3, 0.4) is 0 Å². The number of benzene rings is 1. The molecule has 1 amide bonds. The normalized spacial score (nSPS) is 15.1. The highest BCUT2D eigenvalue weighted by molar-refractivity contribution is 5.78. The van der Waals surface area contributed by atoms with Crippen LogP contribution in [0, 0.1) is 12.7 Å². The molecule has 23 heavy (non-hydrogen) atoms. The fourth-order valence-electron chi connectivity index (χ4n) is 3.00. The third kappa shape index (κ3) is 3.36. The Labute approximate surface area is 135 Å². The van der Waals surface area contributed by atoms with Crippen molar-refractivity contribution in [2.45, 2.75) is 13.3 Å². The molecule has 0 radical (unpaired) electrons. The number of halogens is 1. The third-order valence-electron chi connectivity index (χ3n) is 4.26. The molecule has 5 nitrogen and oxygen atoms in total. The molecule has 0 saturated carbocycles. The topological polar surface area (TPSA) is 41.4 Å². The molecule has 0 atom stereocenters. The Morgan fingerprint density at radius 1 is 1.22 bits per heavy atom. The van der Waals surface area contributed by atoms with E-state index >= 15 is 0 Å². The van der Waals surface area contributed by atoms with Gasteiger partial charge in [0.2, 0.25) is 5.91 Å². The van der Waals surface area contributed by atoms with Crippen molar-refractivity contribution in [3.05, 3.63) is 47.5 Å². The fraction of sp³-hybridized carbons (Fsp3) is 0.412. The van der Waals surface area contributed by atoms with Crippen molar-refractivity contribution in [2.24, 2.45) is 7.05 Å². The van der Waals surface area contributed by atoms with Gasteiger partial charge in [0.15, 0.2) is 0 Å². The SMILES string of the molecule is Cc1cc(CC(=O)N2CCN(c3ccccc3F)CC2)n(C)n1. The van der Waals surface area contributed by atoms with E-state index in [1.54, 1.807) is 16.8 Å². The predicted molar refractivity (Wildman–Crippen MR) is 86.8 cm³/mol. The molecular weight excluding hydrogens is 295 g/mol. The molecule has 0 spiro atoms. The minimum Gasteiger partial charge on any atom is -0.366 e.